The molecule has 0 aliphatic carbocycles. The molecule has 2 fully saturated rings. The van der Waals surface area contributed by atoms with Crippen LogP contribution in [0.1, 0.15) is 31.4 Å². The summed E-state index contributed by atoms with van der Waals surface area (Å²) in [5, 5.41) is 0. The minimum absolute atomic E-state index is 0. The highest BCUT2D eigenvalue weighted by Crippen LogP contribution is 2.24. The van der Waals surface area contributed by atoms with Crippen LogP contribution in [0.25, 0.3) is 0 Å². The maximum absolute atomic E-state index is 12.5. The summed E-state index contributed by atoms with van der Waals surface area (Å²) >= 11 is 0. The van der Waals surface area contributed by atoms with Crippen LogP contribution in [0.4, 0.5) is 0 Å². The van der Waals surface area contributed by atoms with Gasteiger partial charge < -0.3 is 15.4 Å². The van der Waals surface area contributed by atoms with E-state index >= 15 is 0 Å². The smallest absolute Gasteiger partial charge is 0.251 e. The van der Waals surface area contributed by atoms with Gasteiger partial charge in [-0.05, 0) is 31.4 Å². The molecule has 1 amide bonds. The molecular weight excluding hydrogens is 399 g/mol. The average Bonchev–Trinajstić information content (AvgIpc) is 3.10. The zero-order valence-corrected chi connectivity index (χ0v) is 17.4. The molecule has 26 heavy (non-hydrogen) atoms. The van der Waals surface area contributed by atoms with Crippen molar-refractivity contribution in [1.29, 1.82) is 0 Å². The van der Waals surface area contributed by atoms with Gasteiger partial charge in [-0.1, -0.05) is 6.07 Å². The van der Waals surface area contributed by atoms with E-state index in [0.29, 0.717) is 12.6 Å². The van der Waals surface area contributed by atoms with Gasteiger partial charge in [-0.2, -0.15) is 0 Å². The summed E-state index contributed by atoms with van der Waals surface area (Å²) in [4.78, 5) is 21.1. The molecule has 9 heteroatoms. The molecular formula is C17H29Cl3N4O2. The lowest BCUT2D eigenvalue weighted by Crippen LogP contribution is -2.51. The first-order valence-corrected chi connectivity index (χ1v) is 8.47. The normalized spacial score (nSPS) is 24.0. The minimum atomic E-state index is -0.286. The van der Waals surface area contributed by atoms with Gasteiger partial charge in [-0.25, -0.2) is 0 Å². The largest absolute Gasteiger partial charge is 0.364 e. The fourth-order valence-corrected chi connectivity index (χ4v) is 3.43. The maximum atomic E-state index is 12.5. The second kappa shape index (κ2) is 12.0. The number of carbonyl (C=O) groups is 1. The molecule has 2 aliphatic rings. The molecule has 0 aromatic carbocycles. The van der Waals surface area contributed by atoms with Crippen molar-refractivity contribution in [2.75, 3.05) is 32.7 Å². The lowest BCUT2D eigenvalue weighted by Gasteiger charge is -2.38. The van der Waals surface area contributed by atoms with E-state index < -0.39 is 0 Å². The molecule has 1 aromatic heterocycles. The van der Waals surface area contributed by atoms with Gasteiger partial charge in [0, 0.05) is 51.2 Å². The predicted molar refractivity (Wildman–Crippen MR) is 109 cm³/mol. The van der Waals surface area contributed by atoms with Gasteiger partial charge >= 0.3 is 0 Å². The van der Waals surface area contributed by atoms with Crippen molar-refractivity contribution in [3.8, 4) is 0 Å². The summed E-state index contributed by atoms with van der Waals surface area (Å²) in [5.74, 6) is 0.134. The van der Waals surface area contributed by atoms with Gasteiger partial charge in [0.25, 0.3) is 5.91 Å². The Labute approximate surface area is 174 Å². The van der Waals surface area contributed by atoms with E-state index in [-0.39, 0.29) is 55.3 Å². The number of aromatic nitrogens is 1. The number of hydrogen-bond donors (Lipinski definition) is 1. The average molecular weight is 428 g/mol. The van der Waals surface area contributed by atoms with Crippen LogP contribution < -0.4 is 5.73 Å². The van der Waals surface area contributed by atoms with Crippen molar-refractivity contribution in [1.82, 2.24) is 14.8 Å². The maximum Gasteiger partial charge on any atom is 0.251 e. The molecule has 1 aromatic rings. The number of nitrogens with two attached hydrogens (primary N) is 1. The van der Waals surface area contributed by atoms with E-state index in [1.54, 1.807) is 6.20 Å². The van der Waals surface area contributed by atoms with Gasteiger partial charge in [0.2, 0.25) is 0 Å². The van der Waals surface area contributed by atoms with E-state index in [1.807, 2.05) is 17.2 Å². The summed E-state index contributed by atoms with van der Waals surface area (Å²) in [7, 11) is 0. The number of piperazine rings is 1. The molecule has 0 radical (unpaired) electrons. The Balaban J connectivity index is 0.00000208. The van der Waals surface area contributed by atoms with E-state index in [1.165, 1.54) is 5.56 Å². The highest BCUT2D eigenvalue weighted by atomic mass is 35.5. The summed E-state index contributed by atoms with van der Waals surface area (Å²) in [6.45, 7) is 5.98. The van der Waals surface area contributed by atoms with Gasteiger partial charge in [-0.3, -0.25) is 14.7 Å². The van der Waals surface area contributed by atoms with Crippen LogP contribution in [0.2, 0.25) is 0 Å². The van der Waals surface area contributed by atoms with E-state index in [0.717, 1.165) is 39.0 Å². The molecule has 0 bridgehead atoms. The SMILES string of the molecule is CC(c1cccnc1)N1CCN(C(=O)[C@@H]2CC[C@H](CN)O2)CC1.Cl.Cl.Cl. The zero-order chi connectivity index (χ0) is 16.2. The van der Waals surface area contributed by atoms with Crippen LogP contribution in [-0.2, 0) is 9.53 Å². The van der Waals surface area contributed by atoms with Gasteiger partial charge in [0.15, 0.2) is 0 Å². The minimum Gasteiger partial charge on any atom is -0.364 e. The number of pyridine rings is 1. The molecule has 6 nitrogen and oxygen atoms in total. The number of ether oxygens (including phenoxy) is 1. The fourth-order valence-electron chi connectivity index (χ4n) is 3.43. The Kier molecular flexibility index (Phi) is 11.7. The third-order valence-electron chi connectivity index (χ3n) is 4.99. The Hall–Kier alpha value is -0.630. The molecule has 0 saturated carbocycles. The van der Waals surface area contributed by atoms with Crippen molar-refractivity contribution in [3.05, 3.63) is 30.1 Å². The Morgan fingerprint density at radius 2 is 1.96 bits per heavy atom. The standard InChI is InChI=1S/C17H26N4O2.3ClH/c1-13(14-3-2-6-19-12-14)20-7-9-21(10-8-20)17(22)16-5-4-15(11-18)23-16;;;/h2-3,6,12-13,15-16H,4-5,7-11,18H2,1H3;3*1H/t13?,15-,16+;;;/m1.../s1. The lowest BCUT2D eigenvalue weighted by molar-refractivity contribution is -0.144. The van der Waals surface area contributed by atoms with Gasteiger partial charge in [0.05, 0.1) is 6.10 Å². The third-order valence-corrected chi connectivity index (χ3v) is 4.99. The third kappa shape index (κ3) is 5.94. The number of carbonyl (C=O) groups excluding carboxylic acids is 1. The summed E-state index contributed by atoms with van der Waals surface area (Å²) < 4.78 is 5.73. The first-order valence-electron chi connectivity index (χ1n) is 8.47. The van der Waals surface area contributed by atoms with Crippen LogP contribution in [-0.4, -0.2) is 65.6 Å². The summed E-state index contributed by atoms with van der Waals surface area (Å²) in [6, 6.07) is 4.40. The molecule has 1 unspecified atom stereocenters. The number of hydrogen-bond acceptors (Lipinski definition) is 5. The molecule has 0 spiro atoms. The fraction of sp³-hybridized carbons (Fsp3) is 0.647. The molecule has 2 N–H and O–H groups in total. The molecule has 2 aliphatic heterocycles. The van der Waals surface area contributed by atoms with Crippen molar-refractivity contribution in [2.24, 2.45) is 5.73 Å². The quantitative estimate of drug-likeness (QED) is 0.796. The molecule has 2 saturated heterocycles. The molecule has 3 heterocycles. The Morgan fingerprint density at radius 1 is 1.27 bits per heavy atom. The summed E-state index contributed by atoms with van der Waals surface area (Å²) in [6.07, 6.45) is 5.17. The highest BCUT2D eigenvalue weighted by Gasteiger charge is 2.34. The van der Waals surface area contributed by atoms with Gasteiger partial charge in [0.1, 0.15) is 6.10 Å². The second-order valence-electron chi connectivity index (χ2n) is 6.38. The van der Waals surface area contributed by atoms with Crippen molar-refractivity contribution in [2.45, 2.75) is 38.0 Å². The molecule has 3 rings (SSSR count). The van der Waals surface area contributed by atoms with E-state index in [4.69, 9.17) is 10.5 Å². The number of rotatable bonds is 4. The van der Waals surface area contributed by atoms with Crippen LogP contribution in [0.3, 0.4) is 0 Å². The van der Waals surface area contributed by atoms with Crippen LogP contribution in [0.15, 0.2) is 24.5 Å². The second-order valence-corrected chi connectivity index (χ2v) is 6.38. The van der Waals surface area contributed by atoms with E-state index in [2.05, 4.69) is 22.9 Å². The van der Waals surface area contributed by atoms with Crippen LogP contribution in [0.5, 0.6) is 0 Å². The lowest BCUT2D eigenvalue weighted by atomic mass is 10.1. The predicted octanol–water partition coefficient (Wildman–Crippen LogP) is 2.06. The molecule has 150 valence electrons. The first kappa shape index (κ1) is 25.4. The molecule has 3 atom stereocenters. The number of amides is 1. The van der Waals surface area contributed by atoms with Crippen molar-refractivity contribution >= 4 is 43.1 Å². The zero-order valence-electron chi connectivity index (χ0n) is 15.0. The topological polar surface area (TPSA) is 71.7 Å². The summed E-state index contributed by atoms with van der Waals surface area (Å²) in [5.41, 5.74) is 6.84. The van der Waals surface area contributed by atoms with Crippen molar-refractivity contribution in [3.63, 3.8) is 0 Å². The monoisotopic (exact) mass is 426 g/mol. The van der Waals surface area contributed by atoms with Crippen LogP contribution in [0, 0.1) is 0 Å². The number of halogens is 3. The number of nitrogens with zero attached hydrogens (tertiary/aromatic N) is 3. The van der Waals surface area contributed by atoms with E-state index in [9.17, 15) is 4.79 Å². The van der Waals surface area contributed by atoms with Crippen LogP contribution >= 0.6 is 37.2 Å². The highest BCUT2D eigenvalue weighted by molar-refractivity contribution is 5.86. The van der Waals surface area contributed by atoms with Crippen molar-refractivity contribution < 1.29 is 9.53 Å². The Bertz CT molecular complexity index is 530. The Morgan fingerprint density at radius 3 is 2.50 bits per heavy atom. The first-order chi connectivity index (χ1) is 11.2. The van der Waals surface area contributed by atoms with Gasteiger partial charge in [-0.15, -0.1) is 37.2 Å².